The Kier molecular flexibility index (Phi) is 5.83. The van der Waals surface area contributed by atoms with E-state index in [0.29, 0.717) is 0 Å². The lowest BCUT2D eigenvalue weighted by Gasteiger charge is -2.13. The molecule has 0 amide bonds. The number of nitrogens with zero attached hydrogens (tertiary/aromatic N) is 2. The molecule has 0 spiro atoms. The highest BCUT2D eigenvalue weighted by Gasteiger charge is 2.17. The van der Waals surface area contributed by atoms with E-state index in [-0.39, 0.29) is 0 Å². The van der Waals surface area contributed by atoms with Crippen LogP contribution >= 0.6 is 11.3 Å². The molecule has 0 atom stereocenters. The fourth-order valence-electron chi connectivity index (χ4n) is 7.98. The summed E-state index contributed by atoms with van der Waals surface area (Å²) in [5, 5.41) is 7.59. The fourth-order valence-corrected chi connectivity index (χ4v) is 9.04. The number of aromatic nitrogens is 2. The third kappa shape index (κ3) is 4.03. The van der Waals surface area contributed by atoms with Gasteiger partial charge < -0.3 is 13.6 Å². The van der Waals surface area contributed by atoms with Gasteiger partial charge in [0.15, 0.2) is 0 Å². The van der Waals surface area contributed by atoms with Crippen molar-refractivity contribution in [2.24, 2.45) is 0 Å². The first kappa shape index (κ1) is 27.6. The average Bonchev–Trinajstić information content (AvgIpc) is 3.97. The van der Waals surface area contributed by atoms with E-state index in [4.69, 9.17) is 4.42 Å². The van der Waals surface area contributed by atoms with Gasteiger partial charge in [0, 0.05) is 58.7 Å². The first-order valence-electron chi connectivity index (χ1n) is 16.9. The molecule has 50 heavy (non-hydrogen) atoms. The minimum atomic E-state index is 0.853. The van der Waals surface area contributed by atoms with Gasteiger partial charge in [0.2, 0.25) is 0 Å². The molecule has 0 N–H and O–H groups in total. The van der Waals surface area contributed by atoms with Crippen molar-refractivity contribution in [3.05, 3.63) is 170 Å². The molecule has 0 fully saturated rings. The number of benzene rings is 7. The van der Waals surface area contributed by atoms with Crippen molar-refractivity contribution in [2.45, 2.75) is 0 Å². The van der Waals surface area contributed by atoms with Crippen molar-refractivity contribution in [2.75, 3.05) is 0 Å². The maximum absolute atomic E-state index is 5.97. The number of furan rings is 1. The smallest absolute Gasteiger partial charge is 0.133 e. The Morgan fingerprint density at radius 3 is 1.46 bits per heavy atom. The van der Waals surface area contributed by atoms with Crippen LogP contribution in [-0.4, -0.2) is 9.13 Å². The zero-order chi connectivity index (χ0) is 32.8. The van der Waals surface area contributed by atoms with Crippen LogP contribution in [0.3, 0.4) is 0 Å². The van der Waals surface area contributed by atoms with Crippen molar-refractivity contribution in [3.63, 3.8) is 0 Å². The Labute approximate surface area is 291 Å². The SMILES string of the molecule is c1coc(-c2cc(-c3ccc4sc5ccc(-n6c7ccccc7c7ccccc76)cc5c4c3)cc(-n3c4ccccc4c4ccccc43)c2)c1. The molecule has 0 saturated carbocycles. The summed E-state index contributed by atoms with van der Waals surface area (Å²) in [7, 11) is 0. The van der Waals surface area contributed by atoms with E-state index in [1.54, 1.807) is 6.26 Å². The molecule has 0 radical (unpaired) electrons. The lowest BCUT2D eigenvalue weighted by atomic mass is 9.99. The second-order valence-electron chi connectivity index (χ2n) is 13.0. The Hall–Kier alpha value is -6.36. The largest absolute Gasteiger partial charge is 0.464 e. The Balaban J connectivity index is 1.13. The first-order chi connectivity index (χ1) is 24.8. The van der Waals surface area contributed by atoms with Gasteiger partial charge >= 0.3 is 0 Å². The number of fused-ring (bicyclic) bond motifs is 9. The van der Waals surface area contributed by atoms with Crippen LogP contribution in [-0.2, 0) is 0 Å². The maximum atomic E-state index is 5.97. The van der Waals surface area contributed by atoms with Crippen LogP contribution in [0.4, 0.5) is 0 Å². The van der Waals surface area contributed by atoms with Crippen LogP contribution in [0.2, 0.25) is 0 Å². The van der Waals surface area contributed by atoms with Crippen molar-refractivity contribution >= 4 is 75.1 Å². The lowest BCUT2D eigenvalue weighted by Crippen LogP contribution is -1.95. The molecule has 0 aliphatic carbocycles. The third-order valence-electron chi connectivity index (χ3n) is 10.2. The lowest BCUT2D eigenvalue weighted by molar-refractivity contribution is 0.582. The van der Waals surface area contributed by atoms with Gasteiger partial charge in [0.1, 0.15) is 5.76 Å². The summed E-state index contributed by atoms with van der Waals surface area (Å²) in [6.07, 6.45) is 1.75. The molecule has 0 bridgehead atoms. The second-order valence-corrected chi connectivity index (χ2v) is 14.1. The van der Waals surface area contributed by atoms with E-state index in [1.165, 1.54) is 75.0 Å². The summed E-state index contributed by atoms with van der Waals surface area (Å²) in [5.41, 5.74) is 10.5. The van der Waals surface area contributed by atoms with Crippen LogP contribution in [0.25, 0.3) is 97.6 Å². The molecule has 11 rings (SSSR count). The average molecular weight is 657 g/mol. The highest BCUT2D eigenvalue weighted by atomic mass is 32.1. The van der Waals surface area contributed by atoms with E-state index < -0.39 is 0 Å². The van der Waals surface area contributed by atoms with Crippen LogP contribution in [0, 0.1) is 0 Å². The summed E-state index contributed by atoms with van der Waals surface area (Å²) < 4.78 is 13.3. The van der Waals surface area contributed by atoms with Crippen LogP contribution in [0.1, 0.15) is 0 Å². The van der Waals surface area contributed by atoms with Crippen LogP contribution in [0.5, 0.6) is 0 Å². The maximum Gasteiger partial charge on any atom is 0.133 e. The standard InChI is InChI=1S/C46H28N2OS/c1-5-14-40-34(10-1)35-11-2-6-15-41(35)47(40)32-20-22-46-39(28-32)38-27-29(19-21-45(38)50-46)30-24-31(44-18-9-23-49-44)26-33(25-30)48-42-16-7-3-12-36(42)37-13-4-8-17-43(37)48/h1-28H. The third-order valence-corrected chi connectivity index (χ3v) is 11.3. The molecule has 7 aromatic carbocycles. The van der Waals surface area contributed by atoms with Gasteiger partial charge in [0.25, 0.3) is 0 Å². The second kappa shape index (κ2) is 10.6. The van der Waals surface area contributed by atoms with Crippen molar-refractivity contribution in [1.29, 1.82) is 0 Å². The molecule has 234 valence electrons. The Bertz CT molecular complexity index is 2990. The summed E-state index contributed by atoms with van der Waals surface area (Å²) in [4.78, 5) is 0. The normalized spacial score (nSPS) is 12.0. The van der Waals surface area contributed by atoms with Crippen LogP contribution < -0.4 is 0 Å². The highest BCUT2D eigenvalue weighted by molar-refractivity contribution is 7.25. The van der Waals surface area contributed by atoms with E-state index in [9.17, 15) is 0 Å². The molecule has 3 nitrogen and oxygen atoms in total. The molecule has 4 heterocycles. The topological polar surface area (TPSA) is 23.0 Å². The molecular formula is C46H28N2OS. The minimum Gasteiger partial charge on any atom is -0.464 e. The van der Waals surface area contributed by atoms with Gasteiger partial charge in [-0.05, 0) is 96.1 Å². The van der Waals surface area contributed by atoms with Gasteiger partial charge in [-0.2, -0.15) is 0 Å². The van der Waals surface area contributed by atoms with Gasteiger partial charge in [0.05, 0.1) is 28.3 Å². The summed E-state index contributed by atoms with van der Waals surface area (Å²) in [6.45, 7) is 0. The predicted octanol–water partition coefficient (Wildman–Crippen LogP) is 13.2. The van der Waals surface area contributed by atoms with Gasteiger partial charge in [-0.3, -0.25) is 0 Å². The van der Waals surface area contributed by atoms with Crippen molar-refractivity contribution in [1.82, 2.24) is 9.13 Å². The quantitative estimate of drug-likeness (QED) is 0.185. The fraction of sp³-hybridized carbons (Fsp3) is 0. The van der Waals surface area contributed by atoms with Crippen LogP contribution in [0.15, 0.2) is 174 Å². The predicted molar refractivity (Wildman–Crippen MR) is 211 cm³/mol. The number of rotatable bonds is 4. The Morgan fingerprint density at radius 2 is 0.880 bits per heavy atom. The van der Waals surface area contributed by atoms with E-state index in [1.807, 2.05) is 23.5 Å². The van der Waals surface area contributed by atoms with Gasteiger partial charge in [-0.1, -0.05) is 78.9 Å². The molecule has 0 aliphatic rings. The monoisotopic (exact) mass is 656 g/mol. The number of thiophene rings is 1. The van der Waals surface area contributed by atoms with E-state index in [0.717, 1.165) is 22.6 Å². The number of para-hydroxylation sites is 4. The van der Waals surface area contributed by atoms with Crippen molar-refractivity contribution < 1.29 is 4.42 Å². The van der Waals surface area contributed by atoms with Gasteiger partial charge in [-0.15, -0.1) is 11.3 Å². The molecule has 11 aromatic rings. The first-order valence-corrected chi connectivity index (χ1v) is 17.7. The van der Waals surface area contributed by atoms with E-state index in [2.05, 4.69) is 161 Å². The molecule has 0 unspecified atom stereocenters. The van der Waals surface area contributed by atoms with Crippen molar-refractivity contribution in [3.8, 4) is 33.8 Å². The summed E-state index contributed by atoms with van der Waals surface area (Å²) in [6, 6.07) is 59.5. The summed E-state index contributed by atoms with van der Waals surface area (Å²) >= 11 is 1.86. The molecule has 0 aliphatic heterocycles. The molecular weight excluding hydrogens is 629 g/mol. The Morgan fingerprint density at radius 1 is 0.360 bits per heavy atom. The van der Waals surface area contributed by atoms with Gasteiger partial charge in [-0.25, -0.2) is 0 Å². The minimum absolute atomic E-state index is 0.853. The molecule has 4 aromatic heterocycles. The molecule has 0 saturated heterocycles. The zero-order valence-corrected chi connectivity index (χ0v) is 27.7. The number of hydrogen-bond acceptors (Lipinski definition) is 2. The number of hydrogen-bond donors (Lipinski definition) is 0. The van der Waals surface area contributed by atoms with E-state index >= 15 is 0 Å². The highest BCUT2D eigenvalue weighted by Crippen LogP contribution is 2.41. The summed E-state index contributed by atoms with van der Waals surface area (Å²) in [5.74, 6) is 0.853. The molecule has 4 heteroatoms. The zero-order valence-electron chi connectivity index (χ0n) is 26.9.